The monoisotopic (exact) mass is 493 g/mol. The van der Waals surface area contributed by atoms with Gasteiger partial charge in [-0.05, 0) is 43.9 Å². The molecule has 4 aromatic heterocycles. The summed E-state index contributed by atoms with van der Waals surface area (Å²) in [5.74, 6) is -0.303. The number of fused-ring (bicyclic) bond motifs is 1. The standard InChI is InChI=1S/C23H23N7O4S/c31-14-5-7-29(8-6-14)22(33)18-4-3-17(35-18)15-10-19(25-13-1-2-13)30-20(26-15)12(11-24-30)9-16-21(32)28-23(34)27-16/h3-4,9-11,13-14,31-32H,1-2,5-8H2,(H2,27,28,34). The number of carbonyl (C=O) groups is 1. The van der Waals surface area contributed by atoms with Crippen LogP contribution in [0.1, 0.15) is 41.0 Å². The average molecular weight is 494 g/mol. The molecule has 4 N–H and O–H groups in total. The van der Waals surface area contributed by atoms with Crippen LogP contribution in [-0.2, 0) is 0 Å². The molecule has 6 rings (SSSR count). The van der Waals surface area contributed by atoms with Crippen LogP contribution in [0.5, 0.6) is 5.88 Å². The summed E-state index contributed by atoms with van der Waals surface area (Å²) in [5.41, 5.74) is 1.56. The summed E-state index contributed by atoms with van der Waals surface area (Å²) in [4.78, 5) is 42.1. The Morgan fingerprint density at radius 2 is 2.00 bits per heavy atom. The maximum atomic E-state index is 13.0. The lowest BCUT2D eigenvalue weighted by atomic mass is 10.1. The van der Waals surface area contributed by atoms with Gasteiger partial charge in [-0.2, -0.15) is 9.61 Å². The van der Waals surface area contributed by atoms with E-state index in [2.05, 4.69) is 15.1 Å². The first-order valence-corrected chi connectivity index (χ1v) is 12.3. The lowest BCUT2D eigenvalue weighted by Gasteiger charge is -2.29. The van der Waals surface area contributed by atoms with E-state index in [0.29, 0.717) is 52.9 Å². The highest BCUT2D eigenvalue weighted by Gasteiger charge is 2.24. The molecule has 4 aromatic rings. The van der Waals surface area contributed by atoms with E-state index in [9.17, 15) is 19.8 Å². The smallest absolute Gasteiger partial charge is 0.326 e. The molecule has 0 radical (unpaired) electrons. The normalized spacial score (nSPS) is 18.1. The highest BCUT2D eigenvalue weighted by Crippen LogP contribution is 2.28. The number of aromatic hydroxyl groups is 1. The van der Waals surface area contributed by atoms with Crippen molar-refractivity contribution in [3.05, 3.63) is 56.2 Å². The molecule has 180 valence electrons. The van der Waals surface area contributed by atoms with Gasteiger partial charge in [0, 0.05) is 24.4 Å². The van der Waals surface area contributed by atoms with Gasteiger partial charge in [-0.15, -0.1) is 11.3 Å². The van der Waals surface area contributed by atoms with E-state index in [-0.39, 0.29) is 29.6 Å². The quantitative estimate of drug-likeness (QED) is 0.323. The van der Waals surface area contributed by atoms with Gasteiger partial charge in [-0.25, -0.2) is 9.78 Å². The van der Waals surface area contributed by atoms with Gasteiger partial charge in [0.15, 0.2) is 11.1 Å². The minimum atomic E-state index is -0.512. The van der Waals surface area contributed by atoms with Gasteiger partial charge in [0.05, 0.1) is 33.8 Å². The Hall–Kier alpha value is -3.77. The second-order valence-corrected chi connectivity index (χ2v) is 9.95. The summed E-state index contributed by atoms with van der Waals surface area (Å²) < 4.78 is 1.65. The Balaban J connectivity index is 1.42. The Morgan fingerprint density at radius 1 is 1.20 bits per heavy atom. The number of aliphatic hydroxyl groups is 1. The lowest BCUT2D eigenvalue weighted by molar-refractivity contribution is 0.0550. The van der Waals surface area contributed by atoms with E-state index < -0.39 is 5.69 Å². The van der Waals surface area contributed by atoms with Crippen LogP contribution in [0.2, 0.25) is 0 Å². The van der Waals surface area contributed by atoms with Crippen LogP contribution in [0.15, 0.2) is 34.2 Å². The van der Waals surface area contributed by atoms with Gasteiger partial charge >= 0.3 is 5.69 Å². The topological polar surface area (TPSA) is 152 Å². The fraction of sp³-hybridized carbons (Fsp3) is 0.348. The number of likely N-dealkylation sites (tertiary alicyclic amines) is 1. The van der Waals surface area contributed by atoms with Crippen LogP contribution in [-0.4, -0.2) is 70.8 Å². The van der Waals surface area contributed by atoms with Crippen molar-refractivity contribution in [2.24, 2.45) is 4.99 Å². The van der Waals surface area contributed by atoms with E-state index in [0.717, 1.165) is 17.7 Å². The summed E-state index contributed by atoms with van der Waals surface area (Å²) in [6, 6.07) is 5.81. The first kappa shape index (κ1) is 21.7. The third-order valence-corrected chi connectivity index (χ3v) is 7.29. The minimum Gasteiger partial charge on any atom is -0.493 e. The molecule has 35 heavy (non-hydrogen) atoms. The number of carbonyl (C=O) groups excluding carboxylic acids is 1. The molecule has 1 amide bonds. The number of aromatic amines is 2. The van der Waals surface area contributed by atoms with Gasteiger partial charge in [0.25, 0.3) is 5.91 Å². The third kappa shape index (κ3) is 4.26. The van der Waals surface area contributed by atoms with Crippen molar-refractivity contribution in [2.75, 3.05) is 13.1 Å². The van der Waals surface area contributed by atoms with Crippen molar-refractivity contribution >= 4 is 29.0 Å². The SMILES string of the molecule is O=C(c1ccc(-c2cc(=NC3CC3)n3ncc(=Cc4[nH]c(=O)[nH]c4O)c3n2)s1)N1CCC(O)CC1. The predicted molar refractivity (Wildman–Crippen MR) is 128 cm³/mol. The number of H-pyrrole nitrogens is 2. The Kier molecular flexibility index (Phi) is 5.26. The highest BCUT2D eigenvalue weighted by atomic mass is 32.1. The van der Waals surface area contributed by atoms with Crippen molar-refractivity contribution in [1.82, 2.24) is 29.5 Å². The summed E-state index contributed by atoms with van der Waals surface area (Å²) >= 11 is 1.37. The van der Waals surface area contributed by atoms with Crippen LogP contribution in [0, 0.1) is 0 Å². The summed E-state index contributed by atoms with van der Waals surface area (Å²) in [6.07, 6.45) is 6.11. The molecule has 0 unspecified atom stereocenters. The van der Waals surface area contributed by atoms with Gasteiger partial charge in [-0.1, -0.05) is 0 Å². The molecule has 0 spiro atoms. The van der Waals surface area contributed by atoms with Crippen molar-refractivity contribution in [3.8, 4) is 16.5 Å². The maximum Gasteiger partial charge on any atom is 0.326 e. The molecule has 0 atom stereocenters. The lowest BCUT2D eigenvalue weighted by Crippen LogP contribution is -2.39. The first-order valence-electron chi connectivity index (χ1n) is 11.5. The molecule has 1 aliphatic carbocycles. The van der Waals surface area contributed by atoms with Gasteiger partial charge in [-0.3, -0.25) is 14.8 Å². The molecule has 0 aromatic carbocycles. The van der Waals surface area contributed by atoms with Crippen LogP contribution < -0.4 is 16.4 Å². The number of imidazole rings is 1. The molecule has 12 heteroatoms. The van der Waals surface area contributed by atoms with Crippen LogP contribution in [0.25, 0.3) is 22.3 Å². The predicted octanol–water partition coefficient (Wildman–Crippen LogP) is 0.387. The van der Waals surface area contributed by atoms with Crippen LogP contribution >= 0.6 is 11.3 Å². The van der Waals surface area contributed by atoms with Crippen molar-refractivity contribution in [2.45, 2.75) is 37.8 Å². The van der Waals surface area contributed by atoms with Crippen LogP contribution in [0.3, 0.4) is 0 Å². The molecule has 11 nitrogen and oxygen atoms in total. The number of amides is 1. The number of hydrogen-bond donors (Lipinski definition) is 4. The fourth-order valence-electron chi connectivity index (χ4n) is 4.14. The number of aliphatic hydroxyl groups excluding tert-OH is 1. The Bertz CT molecular complexity index is 1600. The largest absolute Gasteiger partial charge is 0.493 e. The Morgan fingerprint density at radius 3 is 2.71 bits per heavy atom. The first-order chi connectivity index (χ1) is 16.9. The maximum absolute atomic E-state index is 13.0. The van der Waals surface area contributed by atoms with E-state index in [1.165, 1.54) is 11.3 Å². The highest BCUT2D eigenvalue weighted by molar-refractivity contribution is 7.17. The summed E-state index contributed by atoms with van der Waals surface area (Å²) in [6.45, 7) is 1.09. The number of piperidine rings is 1. The van der Waals surface area contributed by atoms with Gasteiger partial charge in [0.1, 0.15) is 5.69 Å². The van der Waals surface area contributed by atoms with E-state index >= 15 is 0 Å². The fourth-order valence-corrected chi connectivity index (χ4v) is 5.07. The summed E-state index contributed by atoms with van der Waals surface area (Å²) in [7, 11) is 0. The second-order valence-electron chi connectivity index (χ2n) is 8.87. The average Bonchev–Trinajstić information content (AvgIpc) is 3.23. The van der Waals surface area contributed by atoms with Crippen molar-refractivity contribution in [3.63, 3.8) is 0 Å². The van der Waals surface area contributed by atoms with E-state index in [4.69, 9.17) is 9.98 Å². The molecule has 0 bridgehead atoms. The number of nitrogens with zero attached hydrogens (tertiary/aromatic N) is 5. The molecular weight excluding hydrogens is 470 g/mol. The van der Waals surface area contributed by atoms with Gasteiger partial charge in [0.2, 0.25) is 5.88 Å². The zero-order chi connectivity index (χ0) is 24.1. The molecule has 5 heterocycles. The Labute approximate surface area is 202 Å². The molecule has 1 saturated carbocycles. The number of aromatic nitrogens is 5. The minimum absolute atomic E-state index is 0.0395. The molecule has 1 saturated heterocycles. The summed E-state index contributed by atoms with van der Waals surface area (Å²) in [5, 5.41) is 24.7. The molecule has 1 aliphatic heterocycles. The van der Waals surface area contributed by atoms with Crippen molar-refractivity contribution < 1.29 is 15.0 Å². The number of rotatable bonds is 4. The van der Waals surface area contributed by atoms with Gasteiger partial charge < -0.3 is 20.1 Å². The molecule has 2 fully saturated rings. The third-order valence-electron chi connectivity index (χ3n) is 6.20. The number of hydrogen-bond acceptors (Lipinski definition) is 8. The zero-order valence-corrected chi connectivity index (χ0v) is 19.5. The van der Waals surface area contributed by atoms with E-state index in [1.807, 2.05) is 18.2 Å². The zero-order valence-electron chi connectivity index (χ0n) is 18.6. The number of thiophene rings is 1. The number of nitrogens with one attached hydrogen (secondary N) is 2. The van der Waals surface area contributed by atoms with Crippen molar-refractivity contribution in [1.29, 1.82) is 0 Å². The van der Waals surface area contributed by atoms with E-state index in [1.54, 1.807) is 21.7 Å². The van der Waals surface area contributed by atoms with Crippen LogP contribution in [0.4, 0.5) is 0 Å². The second kappa shape index (κ2) is 8.47. The molecule has 2 aliphatic rings. The molecular formula is C23H23N7O4S.